The number of benzene rings is 2. The first-order valence-corrected chi connectivity index (χ1v) is 6.55. The van der Waals surface area contributed by atoms with E-state index < -0.39 is 0 Å². The van der Waals surface area contributed by atoms with Crippen LogP contribution in [0.3, 0.4) is 0 Å². The van der Waals surface area contributed by atoms with E-state index in [9.17, 15) is 0 Å². The first-order valence-electron chi connectivity index (χ1n) is 6.55. The number of rotatable bonds is 5. The van der Waals surface area contributed by atoms with Crippen LogP contribution in [0, 0.1) is 12.1 Å². The minimum Gasteiger partial charge on any atom is -0.221 e. The van der Waals surface area contributed by atoms with E-state index in [1.807, 2.05) is 18.2 Å². The van der Waals surface area contributed by atoms with Crippen molar-refractivity contribution in [1.82, 2.24) is 0 Å². The molecule has 92 valence electrons. The summed E-state index contributed by atoms with van der Waals surface area (Å²) in [5.41, 5.74) is 3.55. The molecule has 0 unspecified atom stereocenters. The van der Waals surface area contributed by atoms with E-state index in [2.05, 4.69) is 55.5 Å². The third kappa shape index (κ3) is 6.22. The molecule has 0 aromatic heterocycles. The van der Waals surface area contributed by atoms with Crippen LogP contribution in [0.1, 0.15) is 37.3 Å². The predicted molar refractivity (Wildman–Crippen MR) is 77.0 cm³/mol. The fourth-order valence-corrected chi connectivity index (χ4v) is 1.89. The van der Waals surface area contributed by atoms with Crippen LogP contribution in [0.15, 0.2) is 54.6 Å². The molecule has 2 aromatic carbocycles. The molecule has 0 aliphatic heterocycles. The molecule has 0 aliphatic rings. The first kappa shape index (κ1) is 19.4. The molecule has 0 amide bonds. The number of unbranched alkanes of at least 4 members (excludes halogenated alkanes) is 1. The maximum absolute atomic E-state index is 3.52. The predicted octanol–water partition coefficient (Wildman–Crippen LogP) is -1.08. The summed E-state index contributed by atoms with van der Waals surface area (Å²) in [4.78, 5) is 0. The molecule has 0 bridgehead atoms. The molecule has 20 heavy (non-hydrogen) atoms. The second-order valence-electron chi connectivity index (χ2n) is 4.35. The Kier molecular flexibility index (Phi) is 10.7. The molecular formula is C18H18Li2. The van der Waals surface area contributed by atoms with Crippen LogP contribution in [0.5, 0.6) is 0 Å². The third-order valence-electron chi connectivity index (χ3n) is 2.88. The van der Waals surface area contributed by atoms with Crippen molar-refractivity contribution in [3.8, 4) is 0 Å². The van der Waals surface area contributed by atoms with Crippen molar-refractivity contribution in [3.05, 3.63) is 77.9 Å². The van der Waals surface area contributed by atoms with Gasteiger partial charge in [-0.05, 0) is 0 Å². The van der Waals surface area contributed by atoms with Gasteiger partial charge >= 0.3 is 37.7 Å². The summed E-state index contributed by atoms with van der Waals surface area (Å²) in [6.45, 7) is 2.22. The Morgan fingerprint density at radius 1 is 1.00 bits per heavy atom. The summed E-state index contributed by atoms with van der Waals surface area (Å²) in [6, 6.07) is 21.8. The van der Waals surface area contributed by atoms with Gasteiger partial charge in [-0.15, -0.1) is 30.3 Å². The third-order valence-corrected chi connectivity index (χ3v) is 2.88. The average Bonchev–Trinajstić information content (AvgIpc) is 2.45. The van der Waals surface area contributed by atoms with Crippen molar-refractivity contribution in [3.63, 3.8) is 0 Å². The summed E-state index contributed by atoms with van der Waals surface area (Å²) >= 11 is 0. The van der Waals surface area contributed by atoms with Crippen LogP contribution in [0.2, 0.25) is 0 Å². The van der Waals surface area contributed by atoms with Crippen LogP contribution in [0.25, 0.3) is 5.57 Å². The standard InChI is InChI=1S/C18H18.2Li/c1-2-3-12-18(17-13-8-5-9-14-17)15-16-10-6-4-7-11-16;;/h4-11,13H,2-3,12H2,1H3;;/q-2;2*+1. The summed E-state index contributed by atoms with van der Waals surface area (Å²) in [6.07, 6.45) is 6.97. The van der Waals surface area contributed by atoms with Crippen LogP contribution < -0.4 is 37.7 Å². The molecule has 0 radical (unpaired) electrons. The summed E-state index contributed by atoms with van der Waals surface area (Å²) in [5, 5.41) is 0. The van der Waals surface area contributed by atoms with E-state index in [1.54, 1.807) is 0 Å². The average molecular weight is 248 g/mol. The molecule has 2 rings (SSSR count). The Balaban J connectivity index is 0.00000180. The van der Waals surface area contributed by atoms with Gasteiger partial charge in [-0.1, -0.05) is 32.3 Å². The molecule has 0 aliphatic carbocycles. The molecule has 0 saturated carbocycles. The smallest absolute Gasteiger partial charge is 0.221 e. The normalized spacial score (nSPS) is 10.3. The fraction of sp³-hybridized carbons (Fsp3) is 0.222. The second-order valence-corrected chi connectivity index (χ2v) is 4.35. The van der Waals surface area contributed by atoms with E-state index >= 15 is 0 Å². The quantitative estimate of drug-likeness (QED) is 0.359. The molecule has 0 heterocycles. The zero-order valence-corrected chi connectivity index (χ0v) is 12.8. The molecular weight excluding hydrogens is 230 g/mol. The van der Waals surface area contributed by atoms with Gasteiger partial charge in [-0.2, -0.15) is 35.9 Å². The van der Waals surface area contributed by atoms with Crippen molar-refractivity contribution in [2.24, 2.45) is 0 Å². The van der Waals surface area contributed by atoms with Crippen LogP contribution >= 0.6 is 0 Å². The van der Waals surface area contributed by atoms with Crippen molar-refractivity contribution in [2.45, 2.75) is 26.2 Å². The van der Waals surface area contributed by atoms with Crippen LogP contribution in [0.4, 0.5) is 0 Å². The van der Waals surface area contributed by atoms with E-state index in [-0.39, 0.29) is 37.7 Å². The zero-order chi connectivity index (χ0) is 12.6. The van der Waals surface area contributed by atoms with Crippen molar-refractivity contribution >= 4 is 5.57 Å². The topological polar surface area (TPSA) is 0 Å². The molecule has 0 fully saturated rings. The van der Waals surface area contributed by atoms with Gasteiger partial charge in [0, 0.05) is 0 Å². The molecule has 0 N–H and O–H groups in total. The summed E-state index contributed by atoms with van der Waals surface area (Å²) in [5.74, 6) is 0. The van der Waals surface area contributed by atoms with E-state index in [4.69, 9.17) is 0 Å². The number of hydrogen-bond acceptors (Lipinski definition) is 0. The molecule has 0 atom stereocenters. The second kappa shape index (κ2) is 11.1. The number of allylic oxidation sites excluding steroid dienone is 1. The van der Waals surface area contributed by atoms with Gasteiger partial charge in [0.2, 0.25) is 0 Å². The summed E-state index contributed by atoms with van der Waals surface area (Å²) < 4.78 is 0. The fourth-order valence-electron chi connectivity index (χ4n) is 1.89. The zero-order valence-electron chi connectivity index (χ0n) is 12.8. The molecule has 2 aromatic rings. The first-order chi connectivity index (χ1) is 8.90. The van der Waals surface area contributed by atoms with Crippen molar-refractivity contribution < 1.29 is 37.7 Å². The Morgan fingerprint density at radius 2 is 1.70 bits per heavy atom. The van der Waals surface area contributed by atoms with E-state index in [1.165, 1.54) is 18.4 Å². The van der Waals surface area contributed by atoms with Crippen molar-refractivity contribution in [1.29, 1.82) is 0 Å². The molecule has 0 spiro atoms. The maximum atomic E-state index is 3.52. The monoisotopic (exact) mass is 248 g/mol. The Labute approximate surface area is 147 Å². The maximum Gasteiger partial charge on any atom is 1.00 e. The van der Waals surface area contributed by atoms with Gasteiger partial charge in [-0.3, -0.25) is 0 Å². The van der Waals surface area contributed by atoms with Gasteiger partial charge in [0.1, 0.15) is 0 Å². The van der Waals surface area contributed by atoms with Crippen LogP contribution in [-0.2, 0) is 0 Å². The van der Waals surface area contributed by atoms with Gasteiger partial charge in [0.05, 0.1) is 0 Å². The van der Waals surface area contributed by atoms with Gasteiger partial charge < -0.3 is 0 Å². The Morgan fingerprint density at radius 3 is 2.30 bits per heavy atom. The molecule has 0 nitrogen and oxygen atoms in total. The SMILES string of the molecule is CCCCC(=[C-]c1ccccc1)c1[c-]cccc1.[Li+].[Li+]. The van der Waals surface area contributed by atoms with E-state index in [0.717, 1.165) is 17.5 Å². The van der Waals surface area contributed by atoms with Gasteiger partial charge in [0.25, 0.3) is 0 Å². The minimum atomic E-state index is 0. The van der Waals surface area contributed by atoms with E-state index in [0.29, 0.717) is 0 Å². The Hall–Kier alpha value is -0.625. The van der Waals surface area contributed by atoms with Gasteiger partial charge in [0.15, 0.2) is 0 Å². The molecule has 2 heteroatoms. The largest absolute Gasteiger partial charge is 1.00 e. The molecule has 0 saturated heterocycles. The minimum absolute atomic E-state index is 0. The van der Waals surface area contributed by atoms with Crippen LogP contribution in [-0.4, -0.2) is 0 Å². The number of hydrogen-bond donors (Lipinski definition) is 0. The van der Waals surface area contributed by atoms with Gasteiger partial charge in [-0.25, -0.2) is 11.1 Å². The summed E-state index contributed by atoms with van der Waals surface area (Å²) in [7, 11) is 0. The van der Waals surface area contributed by atoms with Crippen molar-refractivity contribution in [2.75, 3.05) is 0 Å². The Bertz CT molecular complexity index is 489.